The van der Waals surface area contributed by atoms with E-state index in [2.05, 4.69) is 10.3 Å². The smallest absolute Gasteiger partial charge is 0.234 e. The number of aromatic nitrogens is 1. The van der Waals surface area contributed by atoms with E-state index in [1.165, 1.54) is 0 Å². The van der Waals surface area contributed by atoms with Gasteiger partial charge in [-0.3, -0.25) is 9.69 Å². The van der Waals surface area contributed by atoms with Crippen molar-refractivity contribution in [1.82, 2.24) is 15.2 Å². The maximum atomic E-state index is 11.7. The third-order valence-corrected chi connectivity index (χ3v) is 4.05. The summed E-state index contributed by atoms with van der Waals surface area (Å²) < 4.78 is 0. The van der Waals surface area contributed by atoms with Crippen LogP contribution in [0.25, 0.3) is 11.3 Å². The van der Waals surface area contributed by atoms with Crippen molar-refractivity contribution in [2.75, 3.05) is 13.6 Å². The summed E-state index contributed by atoms with van der Waals surface area (Å²) in [6.07, 6.45) is 0. The average Bonchev–Trinajstić information content (AvgIpc) is 2.86. The molecule has 4 nitrogen and oxygen atoms in total. The summed E-state index contributed by atoms with van der Waals surface area (Å²) in [7, 11) is 1.92. The lowest BCUT2D eigenvalue weighted by atomic mass is 10.2. The molecule has 1 heterocycles. The Morgan fingerprint density at radius 2 is 2.05 bits per heavy atom. The molecule has 22 heavy (non-hydrogen) atoms. The fraction of sp³-hybridized carbons (Fsp3) is 0.375. The molecule has 118 valence electrons. The maximum absolute atomic E-state index is 11.7. The zero-order chi connectivity index (χ0) is 16.1. The topological polar surface area (TPSA) is 45.2 Å². The number of rotatable bonds is 6. The van der Waals surface area contributed by atoms with Gasteiger partial charge in [-0.15, -0.1) is 11.3 Å². The molecule has 0 aliphatic heterocycles. The van der Waals surface area contributed by atoms with Crippen molar-refractivity contribution in [3.8, 4) is 11.3 Å². The Bertz CT molecular complexity index is 625. The number of carbonyl (C=O) groups excluding carboxylic acids is 1. The van der Waals surface area contributed by atoms with Crippen LogP contribution in [-0.4, -0.2) is 35.4 Å². The van der Waals surface area contributed by atoms with Gasteiger partial charge in [0.1, 0.15) is 5.01 Å². The summed E-state index contributed by atoms with van der Waals surface area (Å²) in [6, 6.07) is 7.80. The highest BCUT2D eigenvalue weighted by Crippen LogP contribution is 2.23. The largest absolute Gasteiger partial charge is 0.353 e. The molecule has 0 aliphatic carbocycles. The summed E-state index contributed by atoms with van der Waals surface area (Å²) >= 11 is 7.50. The van der Waals surface area contributed by atoms with Crippen molar-refractivity contribution in [3.05, 3.63) is 39.7 Å². The zero-order valence-electron chi connectivity index (χ0n) is 13.0. The molecule has 0 bridgehead atoms. The Morgan fingerprint density at radius 1 is 1.36 bits per heavy atom. The molecule has 0 atom stereocenters. The molecule has 1 aromatic carbocycles. The second-order valence-corrected chi connectivity index (χ2v) is 6.91. The van der Waals surface area contributed by atoms with Crippen molar-refractivity contribution in [2.45, 2.75) is 26.4 Å². The van der Waals surface area contributed by atoms with Crippen LogP contribution in [-0.2, 0) is 11.3 Å². The van der Waals surface area contributed by atoms with Crippen LogP contribution < -0.4 is 5.32 Å². The molecule has 0 spiro atoms. The second-order valence-electron chi connectivity index (χ2n) is 5.53. The van der Waals surface area contributed by atoms with E-state index in [0.717, 1.165) is 21.3 Å². The summed E-state index contributed by atoms with van der Waals surface area (Å²) in [5.74, 6) is 0.0342. The SMILES string of the molecule is CC(C)NC(=O)CN(C)Cc1nc(-c2ccc(Cl)cc2)cs1. The average molecular weight is 338 g/mol. The van der Waals surface area contributed by atoms with Crippen LogP contribution in [0.4, 0.5) is 0 Å². The van der Waals surface area contributed by atoms with Crippen molar-refractivity contribution >= 4 is 28.8 Å². The number of thiazole rings is 1. The van der Waals surface area contributed by atoms with Gasteiger partial charge in [-0.05, 0) is 33.0 Å². The molecule has 2 rings (SSSR count). The predicted octanol–water partition coefficient (Wildman–Crippen LogP) is 3.42. The van der Waals surface area contributed by atoms with Crippen molar-refractivity contribution in [3.63, 3.8) is 0 Å². The maximum Gasteiger partial charge on any atom is 0.234 e. The number of amides is 1. The molecule has 1 aromatic heterocycles. The van der Waals surface area contributed by atoms with Gasteiger partial charge in [-0.2, -0.15) is 0 Å². The van der Waals surface area contributed by atoms with Crippen LogP contribution in [0.3, 0.4) is 0 Å². The van der Waals surface area contributed by atoms with E-state index in [4.69, 9.17) is 11.6 Å². The van der Waals surface area contributed by atoms with Crippen molar-refractivity contribution in [2.24, 2.45) is 0 Å². The van der Waals surface area contributed by atoms with Crippen LogP contribution in [0, 0.1) is 0 Å². The third-order valence-electron chi connectivity index (χ3n) is 2.96. The van der Waals surface area contributed by atoms with Crippen LogP contribution >= 0.6 is 22.9 Å². The Kier molecular flexibility index (Phi) is 5.94. The minimum atomic E-state index is 0.0342. The Labute approximate surface area is 140 Å². The quantitative estimate of drug-likeness (QED) is 0.878. The van der Waals surface area contributed by atoms with Gasteiger partial charge in [0, 0.05) is 22.0 Å². The van der Waals surface area contributed by atoms with Crippen LogP contribution in [0.2, 0.25) is 5.02 Å². The number of hydrogen-bond donors (Lipinski definition) is 1. The van der Waals surface area contributed by atoms with E-state index in [9.17, 15) is 4.79 Å². The van der Waals surface area contributed by atoms with Crippen LogP contribution in [0.5, 0.6) is 0 Å². The number of carbonyl (C=O) groups is 1. The molecule has 6 heteroatoms. The van der Waals surface area contributed by atoms with Crippen LogP contribution in [0.1, 0.15) is 18.9 Å². The molecular weight excluding hydrogens is 318 g/mol. The first kappa shape index (κ1) is 16.9. The first-order chi connectivity index (χ1) is 10.4. The molecule has 0 radical (unpaired) electrons. The van der Waals surface area contributed by atoms with E-state index in [0.29, 0.717) is 13.1 Å². The molecule has 1 N–H and O–H groups in total. The third kappa shape index (κ3) is 5.09. The number of benzene rings is 1. The Morgan fingerprint density at radius 3 is 2.68 bits per heavy atom. The minimum Gasteiger partial charge on any atom is -0.353 e. The standard InChI is InChI=1S/C16H20ClN3OS/c1-11(2)18-15(21)8-20(3)9-16-19-14(10-22-16)12-4-6-13(17)7-5-12/h4-7,10-11H,8-9H2,1-3H3,(H,18,21). The highest BCUT2D eigenvalue weighted by Gasteiger charge is 2.11. The Balaban J connectivity index is 1.94. The van der Waals surface area contributed by atoms with Gasteiger partial charge < -0.3 is 5.32 Å². The molecular formula is C16H20ClN3OS. The molecule has 1 amide bonds. The van der Waals surface area contributed by atoms with E-state index in [-0.39, 0.29) is 11.9 Å². The van der Waals surface area contributed by atoms with Gasteiger partial charge in [-0.25, -0.2) is 4.98 Å². The lowest BCUT2D eigenvalue weighted by molar-refractivity contribution is -0.122. The van der Waals surface area contributed by atoms with Gasteiger partial charge in [0.05, 0.1) is 18.8 Å². The Hall–Kier alpha value is -1.43. The molecule has 0 saturated carbocycles. The summed E-state index contributed by atoms with van der Waals surface area (Å²) in [5.41, 5.74) is 1.99. The number of nitrogens with one attached hydrogen (secondary N) is 1. The molecule has 0 unspecified atom stereocenters. The first-order valence-electron chi connectivity index (χ1n) is 7.12. The van der Waals surface area contributed by atoms with Gasteiger partial charge in [0.25, 0.3) is 0 Å². The van der Waals surface area contributed by atoms with Gasteiger partial charge in [0.2, 0.25) is 5.91 Å². The lowest BCUT2D eigenvalue weighted by Gasteiger charge is -2.16. The van der Waals surface area contributed by atoms with Gasteiger partial charge in [-0.1, -0.05) is 23.7 Å². The van der Waals surface area contributed by atoms with Crippen LogP contribution in [0.15, 0.2) is 29.6 Å². The number of hydrogen-bond acceptors (Lipinski definition) is 4. The van der Waals surface area contributed by atoms with E-state index in [1.54, 1.807) is 11.3 Å². The zero-order valence-corrected chi connectivity index (χ0v) is 14.5. The molecule has 0 saturated heterocycles. The summed E-state index contributed by atoms with van der Waals surface area (Å²) in [5, 5.41) is 6.62. The highest BCUT2D eigenvalue weighted by atomic mass is 35.5. The first-order valence-corrected chi connectivity index (χ1v) is 8.38. The van der Waals surface area contributed by atoms with Gasteiger partial charge >= 0.3 is 0 Å². The van der Waals surface area contributed by atoms with E-state index in [1.807, 2.05) is 55.4 Å². The van der Waals surface area contributed by atoms with Crippen molar-refractivity contribution < 1.29 is 4.79 Å². The minimum absolute atomic E-state index is 0.0342. The van der Waals surface area contributed by atoms with Gasteiger partial charge in [0.15, 0.2) is 0 Å². The predicted molar refractivity (Wildman–Crippen MR) is 92.2 cm³/mol. The fourth-order valence-electron chi connectivity index (χ4n) is 2.04. The molecule has 2 aromatic rings. The summed E-state index contributed by atoms with van der Waals surface area (Å²) in [6.45, 7) is 4.94. The summed E-state index contributed by atoms with van der Waals surface area (Å²) in [4.78, 5) is 18.3. The van der Waals surface area contributed by atoms with E-state index < -0.39 is 0 Å². The number of halogens is 1. The number of nitrogens with zero attached hydrogens (tertiary/aromatic N) is 2. The number of likely N-dealkylation sites (N-methyl/N-ethyl adjacent to an activating group) is 1. The highest BCUT2D eigenvalue weighted by molar-refractivity contribution is 7.09. The molecule has 0 aliphatic rings. The lowest BCUT2D eigenvalue weighted by Crippen LogP contribution is -2.38. The fourth-order valence-corrected chi connectivity index (χ4v) is 3.04. The van der Waals surface area contributed by atoms with Crippen molar-refractivity contribution in [1.29, 1.82) is 0 Å². The molecule has 0 fully saturated rings. The van der Waals surface area contributed by atoms with E-state index >= 15 is 0 Å². The monoisotopic (exact) mass is 337 g/mol. The normalized spacial score (nSPS) is 11.2. The second kappa shape index (κ2) is 7.72.